The van der Waals surface area contributed by atoms with E-state index in [0.717, 1.165) is 17.1 Å². The first kappa shape index (κ1) is 13.7. The molecule has 1 aromatic carbocycles. The number of ether oxygens (including phenoxy) is 2. The summed E-state index contributed by atoms with van der Waals surface area (Å²) in [5.74, 6) is 1.63. The summed E-state index contributed by atoms with van der Waals surface area (Å²) in [6, 6.07) is 5.99. The van der Waals surface area contributed by atoms with E-state index in [4.69, 9.17) is 9.47 Å². The van der Waals surface area contributed by atoms with E-state index in [1.165, 1.54) is 0 Å². The molecule has 5 nitrogen and oxygen atoms in total. The molecule has 0 bridgehead atoms. The van der Waals surface area contributed by atoms with Crippen LogP contribution in [0.2, 0.25) is 0 Å². The number of hydrogen-bond donors (Lipinski definition) is 1. The second kappa shape index (κ2) is 5.93. The Balaban J connectivity index is 1.87. The standard InChI is InChI=1S/C14H20N2O3/c1-10(2)16(3)13(17)8-15-7-11-5-4-6-12-14(11)19-9-18-12/h4-6,10,15H,7-9H2,1-3H3. The highest BCUT2D eigenvalue weighted by molar-refractivity contribution is 5.78. The Morgan fingerprint density at radius 1 is 1.42 bits per heavy atom. The Kier molecular flexibility index (Phi) is 4.27. The van der Waals surface area contributed by atoms with E-state index in [1.54, 1.807) is 4.90 Å². The monoisotopic (exact) mass is 264 g/mol. The van der Waals surface area contributed by atoms with Crippen molar-refractivity contribution < 1.29 is 14.3 Å². The van der Waals surface area contributed by atoms with Crippen LogP contribution in [0.3, 0.4) is 0 Å². The van der Waals surface area contributed by atoms with Crippen molar-refractivity contribution in [1.29, 1.82) is 0 Å². The minimum atomic E-state index is 0.0831. The number of amides is 1. The predicted molar refractivity (Wildman–Crippen MR) is 72.2 cm³/mol. The molecule has 0 saturated heterocycles. The van der Waals surface area contributed by atoms with Gasteiger partial charge in [-0.25, -0.2) is 0 Å². The van der Waals surface area contributed by atoms with Gasteiger partial charge in [0.2, 0.25) is 12.7 Å². The van der Waals surface area contributed by atoms with Gasteiger partial charge in [0.05, 0.1) is 6.54 Å². The van der Waals surface area contributed by atoms with Gasteiger partial charge in [-0.2, -0.15) is 0 Å². The van der Waals surface area contributed by atoms with Crippen molar-refractivity contribution in [3.8, 4) is 11.5 Å². The first-order valence-electron chi connectivity index (χ1n) is 6.43. The molecule has 0 spiro atoms. The Labute approximate surface area is 113 Å². The van der Waals surface area contributed by atoms with E-state index in [-0.39, 0.29) is 18.7 Å². The van der Waals surface area contributed by atoms with Gasteiger partial charge in [0.25, 0.3) is 0 Å². The number of carbonyl (C=O) groups excluding carboxylic acids is 1. The number of nitrogens with one attached hydrogen (secondary N) is 1. The predicted octanol–water partition coefficient (Wildman–Crippen LogP) is 1.37. The Hall–Kier alpha value is -1.75. The SMILES string of the molecule is CC(C)N(C)C(=O)CNCc1cccc2c1OCO2. The van der Waals surface area contributed by atoms with Crippen molar-refractivity contribution in [2.24, 2.45) is 0 Å². The zero-order valence-electron chi connectivity index (χ0n) is 11.6. The van der Waals surface area contributed by atoms with Crippen molar-refractivity contribution in [1.82, 2.24) is 10.2 Å². The molecule has 1 aromatic rings. The number of hydrogen-bond acceptors (Lipinski definition) is 4. The molecule has 1 aliphatic rings. The number of carbonyl (C=O) groups is 1. The molecule has 0 aromatic heterocycles. The number of rotatable bonds is 5. The molecule has 0 radical (unpaired) electrons. The first-order chi connectivity index (χ1) is 9.09. The van der Waals surface area contributed by atoms with Gasteiger partial charge >= 0.3 is 0 Å². The minimum absolute atomic E-state index is 0.0831. The van der Waals surface area contributed by atoms with Gasteiger partial charge in [-0.05, 0) is 19.9 Å². The van der Waals surface area contributed by atoms with Crippen LogP contribution in [0, 0.1) is 0 Å². The molecule has 19 heavy (non-hydrogen) atoms. The molecule has 1 N–H and O–H groups in total. The van der Waals surface area contributed by atoms with E-state index in [0.29, 0.717) is 13.1 Å². The maximum absolute atomic E-state index is 11.8. The third kappa shape index (κ3) is 3.17. The van der Waals surface area contributed by atoms with Crippen molar-refractivity contribution in [2.75, 3.05) is 20.4 Å². The summed E-state index contributed by atoms with van der Waals surface area (Å²) in [5.41, 5.74) is 1.01. The zero-order valence-corrected chi connectivity index (χ0v) is 11.6. The molecule has 2 rings (SSSR count). The number of nitrogens with zero attached hydrogens (tertiary/aromatic N) is 1. The molecule has 0 fully saturated rings. The summed E-state index contributed by atoms with van der Waals surface area (Å²) in [6.07, 6.45) is 0. The third-order valence-electron chi connectivity index (χ3n) is 3.24. The summed E-state index contributed by atoms with van der Waals surface area (Å²) in [4.78, 5) is 13.5. The summed E-state index contributed by atoms with van der Waals surface area (Å²) >= 11 is 0. The Morgan fingerprint density at radius 2 is 2.21 bits per heavy atom. The van der Waals surface area contributed by atoms with Crippen molar-refractivity contribution in [3.63, 3.8) is 0 Å². The molecule has 0 unspecified atom stereocenters. The minimum Gasteiger partial charge on any atom is -0.454 e. The van der Waals surface area contributed by atoms with Gasteiger partial charge in [0, 0.05) is 25.2 Å². The topological polar surface area (TPSA) is 50.8 Å². The summed E-state index contributed by atoms with van der Waals surface area (Å²) in [6.45, 7) is 5.16. The molecule has 5 heteroatoms. The van der Waals surface area contributed by atoms with Gasteiger partial charge in [-0.1, -0.05) is 12.1 Å². The maximum Gasteiger partial charge on any atom is 0.236 e. The van der Waals surface area contributed by atoms with Crippen molar-refractivity contribution in [3.05, 3.63) is 23.8 Å². The average Bonchev–Trinajstić information content (AvgIpc) is 2.86. The molecule has 1 amide bonds. The molecule has 0 atom stereocenters. The van der Waals surface area contributed by atoms with Gasteiger partial charge in [-0.3, -0.25) is 4.79 Å². The van der Waals surface area contributed by atoms with E-state index in [1.807, 2.05) is 39.1 Å². The quantitative estimate of drug-likeness (QED) is 0.872. The number of likely N-dealkylation sites (N-methyl/N-ethyl adjacent to an activating group) is 1. The molecule has 0 aliphatic carbocycles. The first-order valence-corrected chi connectivity index (χ1v) is 6.43. The maximum atomic E-state index is 11.8. The lowest BCUT2D eigenvalue weighted by Crippen LogP contribution is -2.39. The largest absolute Gasteiger partial charge is 0.454 e. The van der Waals surface area contributed by atoms with Gasteiger partial charge in [0.1, 0.15) is 0 Å². The summed E-state index contributed by atoms with van der Waals surface area (Å²) < 4.78 is 10.7. The third-order valence-corrected chi connectivity index (χ3v) is 3.24. The highest BCUT2D eigenvalue weighted by Crippen LogP contribution is 2.35. The van der Waals surface area contributed by atoms with Crippen LogP contribution in [-0.4, -0.2) is 37.2 Å². The number of fused-ring (bicyclic) bond motifs is 1. The second-order valence-corrected chi connectivity index (χ2v) is 4.85. The highest BCUT2D eigenvalue weighted by atomic mass is 16.7. The molecule has 104 valence electrons. The van der Waals surface area contributed by atoms with Crippen molar-refractivity contribution >= 4 is 5.91 Å². The van der Waals surface area contributed by atoms with Crippen LogP contribution < -0.4 is 14.8 Å². The lowest BCUT2D eigenvalue weighted by atomic mass is 10.2. The molecular weight excluding hydrogens is 244 g/mol. The van der Waals surface area contributed by atoms with Crippen LogP contribution in [0.4, 0.5) is 0 Å². The van der Waals surface area contributed by atoms with E-state index in [9.17, 15) is 4.79 Å². The lowest BCUT2D eigenvalue weighted by molar-refractivity contribution is -0.130. The van der Waals surface area contributed by atoms with Crippen molar-refractivity contribution in [2.45, 2.75) is 26.4 Å². The fraction of sp³-hybridized carbons (Fsp3) is 0.500. The van der Waals surface area contributed by atoms with Crippen LogP contribution in [0.15, 0.2) is 18.2 Å². The van der Waals surface area contributed by atoms with Gasteiger partial charge in [-0.15, -0.1) is 0 Å². The van der Waals surface area contributed by atoms with Crippen LogP contribution in [0.5, 0.6) is 11.5 Å². The number of benzene rings is 1. The normalized spacial score (nSPS) is 12.8. The molecule has 1 heterocycles. The molecule has 1 aliphatic heterocycles. The Morgan fingerprint density at radius 3 is 2.95 bits per heavy atom. The van der Waals surface area contributed by atoms with Crippen LogP contribution in [-0.2, 0) is 11.3 Å². The zero-order chi connectivity index (χ0) is 13.8. The smallest absolute Gasteiger partial charge is 0.236 e. The van der Waals surface area contributed by atoms with Gasteiger partial charge in [0.15, 0.2) is 11.5 Å². The highest BCUT2D eigenvalue weighted by Gasteiger charge is 2.17. The van der Waals surface area contributed by atoms with Gasteiger partial charge < -0.3 is 19.7 Å². The van der Waals surface area contributed by atoms with E-state index >= 15 is 0 Å². The average molecular weight is 264 g/mol. The van der Waals surface area contributed by atoms with Crippen LogP contribution in [0.1, 0.15) is 19.4 Å². The molecule has 0 saturated carbocycles. The fourth-order valence-electron chi connectivity index (χ4n) is 1.85. The Bertz CT molecular complexity index is 460. The number of para-hydroxylation sites is 1. The van der Waals surface area contributed by atoms with E-state index < -0.39 is 0 Å². The van der Waals surface area contributed by atoms with Crippen LogP contribution in [0.25, 0.3) is 0 Å². The second-order valence-electron chi connectivity index (χ2n) is 4.85. The van der Waals surface area contributed by atoms with Crippen LogP contribution >= 0.6 is 0 Å². The fourth-order valence-corrected chi connectivity index (χ4v) is 1.85. The molecular formula is C14H20N2O3. The lowest BCUT2D eigenvalue weighted by Gasteiger charge is -2.21. The van der Waals surface area contributed by atoms with E-state index in [2.05, 4.69) is 5.32 Å². The summed E-state index contributed by atoms with van der Waals surface area (Å²) in [5, 5.41) is 3.14. The summed E-state index contributed by atoms with van der Waals surface area (Å²) in [7, 11) is 1.81.